The molecular weight excluding hydrogens is 278 g/mol. The summed E-state index contributed by atoms with van der Waals surface area (Å²) >= 11 is 0. The normalized spacial score (nSPS) is 11.6. The maximum absolute atomic E-state index is 9.89. The van der Waals surface area contributed by atoms with Gasteiger partial charge in [0, 0.05) is 18.9 Å². The molecule has 2 N–H and O–H groups in total. The molecule has 2 rings (SSSR count). The number of para-hydroxylation sites is 1. The Hall–Kier alpha value is -2.42. The average Bonchev–Trinajstić information content (AvgIpc) is 2.58. The second kappa shape index (κ2) is 8.78. The molecule has 0 aliphatic carbocycles. The van der Waals surface area contributed by atoms with Crippen molar-refractivity contribution in [2.75, 3.05) is 19.7 Å². The maximum Gasteiger partial charge on any atom is 0.137 e. The number of rotatable bonds is 8. The molecule has 1 aromatic heterocycles. The molecule has 0 aliphatic heterocycles. The first-order valence-electron chi connectivity index (χ1n) is 7.19. The summed E-state index contributed by atoms with van der Waals surface area (Å²) in [5, 5.41) is 22.0. The van der Waals surface area contributed by atoms with E-state index in [0.717, 1.165) is 13.0 Å². The predicted molar refractivity (Wildman–Crippen MR) is 83.5 cm³/mol. The number of hydrogen-bond donors (Lipinski definition) is 2. The van der Waals surface area contributed by atoms with Crippen LogP contribution in [0.4, 0.5) is 0 Å². The van der Waals surface area contributed by atoms with E-state index in [1.54, 1.807) is 36.7 Å². The van der Waals surface area contributed by atoms with Crippen LogP contribution in [0.2, 0.25) is 0 Å². The Morgan fingerprint density at radius 2 is 2.00 bits per heavy atom. The van der Waals surface area contributed by atoms with Gasteiger partial charge in [0.1, 0.15) is 24.5 Å². The SMILES string of the molecule is N#Cc1ccccc1OCC(O)CNCCc1ccncc1. The Labute approximate surface area is 130 Å². The highest BCUT2D eigenvalue weighted by molar-refractivity contribution is 5.42. The highest BCUT2D eigenvalue weighted by atomic mass is 16.5. The van der Waals surface area contributed by atoms with Crippen LogP contribution in [0.3, 0.4) is 0 Å². The summed E-state index contributed by atoms with van der Waals surface area (Å²) in [6.45, 7) is 1.37. The van der Waals surface area contributed by atoms with E-state index in [0.29, 0.717) is 17.9 Å². The van der Waals surface area contributed by atoms with E-state index in [2.05, 4.69) is 16.4 Å². The van der Waals surface area contributed by atoms with E-state index in [1.807, 2.05) is 12.1 Å². The van der Waals surface area contributed by atoms with Crippen molar-refractivity contribution >= 4 is 0 Å². The number of nitrogens with one attached hydrogen (secondary N) is 1. The third-order valence-electron chi connectivity index (χ3n) is 3.16. The molecule has 0 amide bonds. The van der Waals surface area contributed by atoms with Gasteiger partial charge in [-0.2, -0.15) is 5.26 Å². The molecule has 0 aliphatic rings. The molecule has 0 bridgehead atoms. The minimum atomic E-state index is -0.621. The fourth-order valence-electron chi connectivity index (χ4n) is 1.98. The zero-order chi connectivity index (χ0) is 15.6. The van der Waals surface area contributed by atoms with Crippen molar-refractivity contribution in [1.82, 2.24) is 10.3 Å². The number of aliphatic hydroxyl groups is 1. The van der Waals surface area contributed by atoms with Gasteiger partial charge in [-0.25, -0.2) is 0 Å². The second-order valence-electron chi connectivity index (χ2n) is 4.88. The van der Waals surface area contributed by atoms with Gasteiger partial charge in [-0.3, -0.25) is 4.98 Å². The zero-order valence-corrected chi connectivity index (χ0v) is 12.3. The third-order valence-corrected chi connectivity index (χ3v) is 3.16. The molecule has 1 heterocycles. The fourth-order valence-corrected chi connectivity index (χ4v) is 1.98. The molecule has 5 heteroatoms. The van der Waals surface area contributed by atoms with Crippen LogP contribution < -0.4 is 10.1 Å². The van der Waals surface area contributed by atoms with Gasteiger partial charge in [0.2, 0.25) is 0 Å². The van der Waals surface area contributed by atoms with Crippen molar-refractivity contribution in [2.45, 2.75) is 12.5 Å². The Morgan fingerprint density at radius 1 is 1.23 bits per heavy atom. The largest absolute Gasteiger partial charge is 0.489 e. The van der Waals surface area contributed by atoms with E-state index >= 15 is 0 Å². The monoisotopic (exact) mass is 297 g/mol. The van der Waals surface area contributed by atoms with Crippen molar-refractivity contribution in [3.05, 3.63) is 59.9 Å². The van der Waals surface area contributed by atoms with Crippen molar-refractivity contribution in [3.63, 3.8) is 0 Å². The standard InChI is InChI=1S/C17H19N3O2/c18-11-15-3-1-2-4-17(15)22-13-16(21)12-20-10-7-14-5-8-19-9-6-14/h1-6,8-9,16,20-21H,7,10,12-13H2. The van der Waals surface area contributed by atoms with Crippen molar-refractivity contribution in [1.29, 1.82) is 5.26 Å². The summed E-state index contributed by atoms with van der Waals surface area (Å²) in [6, 6.07) is 13.0. The maximum atomic E-state index is 9.89. The first kappa shape index (κ1) is 16.0. The number of hydrogen-bond acceptors (Lipinski definition) is 5. The lowest BCUT2D eigenvalue weighted by Gasteiger charge is -2.14. The molecule has 114 valence electrons. The molecular formula is C17H19N3O2. The van der Waals surface area contributed by atoms with E-state index < -0.39 is 6.10 Å². The smallest absolute Gasteiger partial charge is 0.137 e. The highest BCUT2D eigenvalue weighted by Gasteiger charge is 2.07. The van der Waals surface area contributed by atoms with Crippen molar-refractivity contribution in [2.24, 2.45) is 0 Å². The molecule has 5 nitrogen and oxygen atoms in total. The molecule has 1 unspecified atom stereocenters. The number of aromatic nitrogens is 1. The summed E-state index contributed by atoms with van der Waals surface area (Å²) in [4.78, 5) is 3.97. The van der Waals surface area contributed by atoms with Gasteiger partial charge in [-0.1, -0.05) is 12.1 Å². The molecule has 0 saturated carbocycles. The van der Waals surface area contributed by atoms with Gasteiger partial charge in [0.15, 0.2) is 0 Å². The fraction of sp³-hybridized carbons (Fsp3) is 0.294. The quantitative estimate of drug-likeness (QED) is 0.722. The van der Waals surface area contributed by atoms with E-state index in [4.69, 9.17) is 10.00 Å². The van der Waals surface area contributed by atoms with Crippen LogP contribution >= 0.6 is 0 Å². The van der Waals surface area contributed by atoms with Crippen LogP contribution in [0.25, 0.3) is 0 Å². The van der Waals surface area contributed by atoms with Crippen LogP contribution in [-0.2, 0) is 6.42 Å². The predicted octanol–water partition coefficient (Wildman–Crippen LogP) is 1.53. The topological polar surface area (TPSA) is 78.2 Å². The number of nitriles is 1. The molecule has 0 spiro atoms. The summed E-state index contributed by atoms with van der Waals surface area (Å²) in [7, 11) is 0. The van der Waals surface area contributed by atoms with Crippen LogP contribution in [-0.4, -0.2) is 35.9 Å². The Bertz CT molecular complexity index is 611. The van der Waals surface area contributed by atoms with E-state index in [1.165, 1.54) is 5.56 Å². The van der Waals surface area contributed by atoms with Gasteiger partial charge in [-0.15, -0.1) is 0 Å². The lowest BCUT2D eigenvalue weighted by Crippen LogP contribution is -2.32. The number of pyridine rings is 1. The highest BCUT2D eigenvalue weighted by Crippen LogP contribution is 2.16. The molecule has 0 fully saturated rings. The Balaban J connectivity index is 1.66. The van der Waals surface area contributed by atoms with Crippen LogP contribution in [0.15, 0.2) is 48.8 Å². The molecule has 2 aromatic rings. The summed E-state index contributed by atoms with van der Waals surface area (Å²) < 4.78 is 5.48. The Morgan fingerprint density at radius 3 is 2.77 bits per heavy atom. The first-order valence-corrected chi connectivity index (χ1v) is 7.19. The zero-order valence-electron chi connectivity index (χ0n) is 12.3. The average molecular weight is 297 g/mol. The first-order chi connectivity index (χ1) is 10.8. The summed E-state index contributed by atoms with van der Waals surface area (Å²) in [5.74, 6) is 0.501. The third kappa shape index (κ3) is 5.17. The van der Waals surface area contributed by atoms with Crippen molar-refractivity contribution in [3.8, 4) is 11.8 Å². The van der Waals surface area contributed by atoms with Gasteiger partial charge in [0.25, 0.3) is 0 Å². The van der Waals surface area contributed by atoms with Crippen LogP contribution in [0.5, 0.6) is 5.75 Å². The summed E-state index contributed by atoms with van der Waals surface area (Å²) in [5.41, 5.74) is 1.68. The van der Waals surface area contributed by atoms with Crippen LogP contribution in [0, 0.1) is 11.3 Å². The number of aliphatic hydroxyl groups excluding tert-OH is 1. The van der Waals surface area contributed by atoms with Gasteiger partial charge < -0.3 is 15.2 Å². The Kier molecular flexibility index (Phi) is 6.37. The van der Waals surface area contributed by atoms with Crippen LogP contribution in [0.1, 0.15) is 11.1 Å². The summed E-state index contributed by atoms with van der Waals surface area (Å²) in [6.07, 6.45) is 3.80. The minimum Gasteiger partial charge on any atom is -0.489 e. The van der Waals surface area contributed by atoms with E-state index in [9.17, 15) is 5.11 Å². The number of benzene rings is 1. The number of ether oxygens (including phenoxy) is 1. The lowest BCUT2D eigenvalue weighted by atomic mass is 10.2. The lowest BCUT2D eigenvalue weighted by molar-refractivity contribution is 0.106. The second-order valence-corrected chi connectivity index (χ2v) is 4.88. The molecule has 0 radical (unpaired) electrons. The van der Waals surface area contributed by atoms with E-state index in [-0.39, 0.29) is 6.61 Å². The molecule has 1 aromatic carbocycles. The molecule has 0 saturated heterocycles. The van der Waals surface area contributed by atoms with Gasteiger partial charge in [-0.05, 0) is 42.8 Å². The van der Waals surface area contributed by atoms with Gasteiger partial charge in [0.05, 0.1) is 5.56 Å². The molecule has 22 heavy (non-hydrogen) atoms. The minimum absolute atomic E-state index is 0.154. The van der Waals surface area contributed by atoms with Gasteiger partial charge >= 0.3 is 0 Å². The van der Waals surface area contributed by atoms with Crippen molar-refractivity contribution < 1.29 is 9.84 Å². The molecule has 1 atom stereocenters. The number of nitrogens with zero attached hydrogens (tertiary/aromatic N) is 2.